The number of anilines is 1. The Morgan fingerprint density at radius 3 is 2.55 bits per heavy atom. The van der Waals surface area contributed by atoms with Crippen molar-refractivity contribution in [3.05, 3.63) is 30.3 Å². The van der Waals surface area contributed by atoms with Crippen molar-refractivity contribution >= 4 is 17.7 Å². The number of nitrogens with one attached hydrogen (secondary N) is 1. The van der Waals surface area contributed by atoms with Gasteiger partial charge in [0.05, 0.1) is 6.61 Å². The first-order chi connectivity index (χ1) is 10.5. The summed E-state index contributed by atoms with van der Waals surface area (Å²) in [7, 11) is 0. The van der Waals surface area contributed by atoms with Gasteiger partial charge in [-0.05, 0) is 17.3 Å². The number of aliphatic hydroxyl groups excluding tert-OH is 4. The van der Waals surface area contributed by atoms with Gasteiger partial charge in [0.1, 0.15) is 12.2 Å². The predicted octanol–water partition coefficient (Wildman–Crippen LogP) is -0.978. The third kappa shape index (κ3) is 3.71. The minimum atomic E-state index is -1.68. The molecule has 1 fully saturated rings. The quantitative estimate of drug-likeness (QED) is 0.357. The van der Waals surface area contributed by atoms with E-state index in [1.54, 1.807) is 30.3 Å². The summed E-state index contributed by atoms with van der Waals surface area (Å²) in [5.74, 6) is -0.514. The molecule has 5 N–H and O–H groups in total. The number of rotatable bonds is 3. The Labute approximate surface area is 125 Å². The molecule has 1 saturated heterocycles. The van der Waals surface area contributed by atoms with Crippen LogP contribution in [0.3, 0.4) is 0 Å². The predicted molar refractivity (Wildman–Crippen MR) is 74.0 cm³/mol. The molecule has 0 aliphatic carbocycles. The van der Waals surface area contributed by atoms with Crippen molar-refractivity contribution in [3.8, 4) is 0 Å². The third-order valence-corrected chi connectivity index (χ3v) is 3.00. The van der Waals surface area contributed by atoms with E-state index in [1.807, 2.05) is 0 Å². The normalized spacial score (nSPS) is 29.7. The lowest BCUT2D eigenvalue weighted by Gasteiger charge is -2.34. The standard InChI is InChI=1S/C13H16N2O7/c16-6-8-9(17)10(18)11(19)12(21-8)15-22-13(20)14-7-4-2-1-3-5-7/h1-5,8-11,16-19H,6H2,(H,14,20). The number of amides is 1. The van der Waals surface area contributed by atoms with Crippen molar-refractivity contribution in [2.24, 2.45) is 5.16 Å². The Bertz CT molecular complexity index is 534. The first-order valence-corrected chi connectivity index (χ1v) is 6.45. The number of nitrogens with zero attached hydrogens (tertiary/aromatic N) is 1. The molecule has 22 heavy (non-hydrogen) atoms. The van der Waals surface area contributed by atoms with Gasteiger partial charge in [-0.3, -0.25) is 10.2 Å². The Morgan fingerprint density at radius 1 is 1.23 bits per heavy atom. The SMILES string of the molecule is O=C(Nc1ccccc1)ON=C1OC(CO)C(O)C(O)C1O. The Balaban J connectivity index is 1.98. The monoisotopic (exact) mass is 312 g/mol. The van der Waals surface area contributed by atoms with Gasteiger partial charge in [-0.15, -0.1) is 0 Å². The summed E-state index contributed by atoms with van der Waals surface area (Å²) >= 11 is 0. The Hall–Kier alpha value is -2.20. The largest absolute Gasteiger partial charge is 0.468 e. The molecule has 0 saturated carbocycles. The van der Waals surface area contributed by atoms with Gasteiger partial charge in [0.2, 0.25) is 0 Å². The lowest BCUT2D eigenvalue weighted by molar-refractivity contribution is -0.130. The van der Waals surface area contributed by atoms with Crippen molar-refractivity contribution in [2.75, 3.05) is 11.9 Å². The van der Waals surface area contributed by atoms with Gasteiger partial charge in [0, 0.05) is 5.69 Å². The molecule has 4 unspecified atom stereocenters. The van der Waals surface area contributed by atoms with E-state index in [4.69, 9.17) is 9.84 Å². The van der Waals surface area contributed by atoms with E-state index in [9.17, 15) is 20.1 Å². The molecule has 9 nitrogen and oxygen atoms in total. The van der Waals surface area contributed by atoms with E-state index in [0.717, 1.165) is 0 Å². The molecule has 120 valence electrons. The van der Waals surface area contributed by atoms with E-state index in [1.165, 1.54) is 0 Å². The highest BCUT2D eigenvalue weighted by molar-refractivity contribution is 5.86. The molecule has 1 heterocycles. The number of hydrogen-bond acceptors (Lipinski definition) is 8. The first-order valence-electron chi connectivity index (χ1n) is 6.45. The second kappa shape index (κ2) is 7.18. The molecule has 4 atom stereocenters. The Kier molecular flexibility index (Phi) is 5.28. The fourth-order valence-electron chi connectivity index (χ4n) is 1.82. The summed E-state index contributed by atoms with van der Waals surface area (Å²) in [6, 6.07) is 8.44. The summed E-state index contributed by atoms with van der Waals surface area (Å²) in [6.07, 6.45) is -6.90. The van der Waals surface area contributed by atoms with Crippen LogP contribution in [0.1, 0.15) is 0 Å². The topological polar surface area (TPSA) is 141 Å². The smallest absolute Gasteiger partial charge is 0.437 e. The molecule has 1 aromatic rings. The molecule has 1 amide bonds. The molecule has 1 aliphatic rings. The number of oxime groups is 1. The number of hydrogen-bond donors (Lipinski definition) is 5. The van der Waals surface area contributed by atoms with Crippen LogP contribution in [0.2, 0.25) is 0 Å². The zero-order chi connectivity index (χ0) is 16.1. The van der Waals surface area contributed by atoms with Gasteiger partial charge in [-0.25, -0.2) is 4.79 Å². The van der Waals surface area contributed by atoms with Crippen LogP contribution < -0.4 is 5.32 Å². The average molecular weight is 312 g/mol. The molecule has 0 radical (unpaired) electrons. The first kappa shape index (κ1) is 16.2. The van der Waals surface area contributed by atoms with Crippen LogP contribution in [0.25, 0.3) is 0 Å². The molecule has 2 rings (SSSR count). The van der Waals surface area contributed by atoms with Crippen molar-refractivity contribution in [2.45, 2.75) is 24.4 Å². The fraction of sp³-hybridized carbons (Fsp3) is 0.385. The number of carbonyl (C=O) groups excluding carboxylic acids is 1. The second-order valence-electron chi connectivity index (χ2n) is 4.56. The van der Waals surface area contributed by atoms with Gasteiger partial charge >= 0.3 is 6.09 Å². The van der Waals surface area contributed by atoms with Gasteiger partial charge in [-0.1, -0.05) is 18.2 Å². The summed E-state index contributed by atoms with van der Waals surface area (Å²) in [4.78, 5) is 16.0. The van der Waals surface area contributed by atoms with Crippen LogP contribution in [0.4, 0.5) is 10.5 Å². The van der Waals surface area contributed by atoms with E-state index in [-0.39, 0.29) is 0 Å². The van der Waals surface area contributed by atoms with Gasteiger partial charge in [0.15, 0.2) is 12.2 Å². The van der Waals surface area contributed by atoms with Crippen molar-refractivity contribution in [1.29, 1.82) is 0 Å². The van der Waals surface area contributed by atoms with Crippen LogP contribution in [-0.4, -0.2) is 63.4 Å². The highest BCUT2D eigenvalue weighted by atomic mass is 16.7. The van der Waals surface area contributed by atoms with Crippen LogP contribution >= 0.6 is 0 Å². The molecular formula is C13H16N2O7. The molecule has 9 heteroatoms. The van der Waals surface area contributed by atoms with E-state index < -0.39 is 43.0 Å². The maximum Gasteiger partial charge on any atom is 0.437 e. The number of ether oxygens (including phenoxy) is 1. The summed E-state index contributed by atoms with van der Waals surface area (Å²) in [5, 5.41) is 43.5. The van der Waals surface area contributed by atoms with Gasteiger partial charge < -0.3 is 25.2 Å². The number of benzene rings is 1. The molecule has 0 aromatic heterocycles. The minimum Gasteiger partial charge on any atom is -0.468 e. The lowest BCUT2D eigenvalue weighted by atomic mass is 10.00. The number of carbonyl (C=O) groups is 1. The Morgan fingerprint density at radius 2 is 1.91 bits per heavy atom. The van der Waals surface area contributed by atoms with Crippen LogP contribution in [0.15, 0.2) is 35.5 Å². The third-order valence-electron chi connectivity index (χ3n) is 3.00. The minimum absolute atomic E-state index is 0.474. The van der Waals surface area contributed by atoms with Crippen molar-refractivity contribution in [1.82, 2.24) is 0 Å². The van der Waals surface area contributed by atoms with Crippen molar-refractivity contribution < 1.29 is 34.8 Å². The number of aliphatic hydroxyl groups is 4. The average Bonchev–Trinajstić information content (AvgIpc) is 2.53. The molecule has 1 aromatic carbocycles. The maximum absolute atomic E-state index is 11.5. The molecular weight excluding hydrogens is 296 g/mol. The van der Waals surface area contributed by atoms with Crippen LogP contribution in [0, 0.1) is 0 Å². The highest BCUT2D eigenvalue weighted by Gasteiger charge is 2.42. The summed E-state index contributed by atoms with van der Waals surface area (Å²) in [5.41, 5.74) is 0.474. The van der Waals surface area contributed by atoms with Gasteiger partial charge in [-0.2, -0.15) is 0 Å². The maximum atomic E-state index is 11.5. The number of para-hydroxylation sites is 1. The highest BCUT2D eigenvalue weighted by Crippen LogP contribution is 2.17. The molecule has 1 aliphatic heterocycles. The van der Waals surface area contributed by atoms with Crippen LogP contribution in [0.5, 0.6) is 0 Å². The molecule has 0 spiro atoms. The van der Waals surface area contributed by atoms with Gasteiger partial charge in [0.25, 0.3) is 5.90 Å². The summed E-state index contributed by atoms with van der Waals surface area (Å²) in [6.45, 7) is -0.611. The van der Waals surface area contributed by atoms with Crippen LogP contribution in [-0.2, 0) is 9.57 Å². The van der Waals surface area contributed by atoms with Crippen molar-refractivity contribution in [3.63, 3.8) is 0 Å². The van der Waals surface area contributed by atoms with E-state index >= 15 is 0 Å². The lowest BCUT2D eigenvalue weighted by Crippen LogP contribution is -2.56. The zero-order valence-electron chi connectivity index (χ0n) is 11.4. The zero-order valence-corrected chi connectivity index (χ0v) is 11.4. The second-order valence-corrected chi connectivity index (χ2v) is 4.56. The molecule has 0 bridgehead atoms. The van der Waals surface area contributed by atoms with E-state index in [2.05, 4.69) is 15.3 Å². The fourth-order valence-corrected chi connectivity index (χ4v) is 1.82. The van der Waals surface area contributed by atoms with E-state index in [0.29, 0.717) is 5.69 Å². The summed E-state index contributed by atoms with van der Waals surface area (Å²) < 4.78 is 4.97.